The van der Waals surface area contributed by atoms with Gasteiger partial charge in [-0.05, 0) is 36.4 Å². The van der Waals surface area contributed by atoms with Crippen molar-refractivity contribution in [1.82, 2.24) is 4.98 Å². The summed E-state index contributed by atoms with van der Waals surface area (Å²) < 4.78 is 5.74. The van der Waals surface area contributed by atoms with Gasteiger partial charge in [-0.3, -0.25) is 9.78 Å². The fraction of sp³-hybridized carbons (Fsp3) is 0.100. The van der Waals surface area contributed by atoms with E-state index < -0.39 is 0 Å². The number of hydrogen-bond acceptors (Lipinski definition) is 4. The number of halogens is 1. The van der Waals surface area contributed by atoms with Gasteiger partial charge in [-0.2, -0.15) is 0 Å². The standard InChI is InChI=1S/C20H17ClN2O2S/c21-18-6-1-2-7-19(18)26-13-10-20(24)23-15-4-3-5-17(14-15)25-16-8-11-22-12-9-16/h1-9,11-12,14H,10,13H2,(H,23,24). The fourth-order valence-electron chi connectivity index (χ4n) is 2.22. The molecule has 0 saturated heterocycles. The summed E-state index contributed by atoms with van der Waals surface area (Å²) in [6, 6.07) is 18.5. The molecule has 1 N–H and O–H groups in total. The summed E-state index contributed by atoms with van der Waals surface area (Å²) in [5, 5.41) is 3.60. The zero-order chi connectivity index (χ0) is 18.2. The number of nitrogens with zero attached hydrogens (tertiary/aromatic N) is 1. The van der Waals surface area contributed by atoms with Gasteiger partial charge in [0.05, 0.1) is 5.02 Å². The Hall–Kier alpha value is -2.50. The lowest BCUT2D eigenvalue weighted by Gasteiger charge is -2.09. The summed E-state index contributed by atoms with van der Waals surface area (Å²) in [5.74, 6) is 1.95. The van der Waals surface area contributed by atoms with E-state index >= 15 is 0 Å². The van der Waals surface area contributed by atoms with Crippen molar-refractivity contribution in [3.63, 3.8) is 0 Å². The number of ether oxygens (including phenoxy) is 1. The first-order chi connectivity index (χ1) is 12.7. The Balaban J connectivity index is 1.51. The molecule has 4 nitrogen and oxygen atoms in total. The lowest BCUT2D eigenvalue weighted by Crippen LogP contribution is -2.12. The van der Waals surface area contributed by atoms with Crippen molar-refractivity contribution in [2.75, 3.05) is 11.1 Å². The minimum atomic E-state index is -0.0504. The van der Waals surface area contributed by atoms with Crippen LogP contribution in [0.5, 0.6) is 11.5 Å². The highest BCUT2D eigenvalue weighted by Gasteiger charge is 2.06. The second-order valence-corrected chi connectivity index (χ2v) is 6.93. The number of carbonyl (C=O) groups is 1. The summed E-state index contributed by atoms with van der Waals surface area (Å²) in [5.41, 5.74) is 0.698. The Kier molecular flexibility index (Phi) is 6.52. The predicted octanol–water partition coefficient (Wildman–Crippen LogP) is 5.65. The Morgan fingerprint density at radius 3 is 2.65 bits per heavy atom. The van der Waals surface area contributed by atoms with E-state index in [2.05, 4.69) is 10.3 Å². The number of benzene rings is 2. The maximum atomic E-state index is 12.2. The van der Waals surface area contributed by atoms with Crippen LogP contribution in [0.25, 0.3) is 0 Å². The minimum Gasteiger partial charge on any atom is -0.457 e. The molecular formula is C20H17ClN2O2S. The number of nitrogens with one attached hydrogen (secondary N) is 1. The SMILES string of the molecule is O=C(CCSc1ccccc1Cl)Nc1cccc(Oc2ccncc2)c1. The van der Waals surface area contributed by atoms with Crippen LogP contribution in [-0.2, 0) is 4.79 Å². The molecule has 0 bridgehead atoms. The molecule has 0 aliphatic carbocycles. The molecule has 3 aromatic rings. The van der Waals surface area contributed by atoms with Crippen LogP contribution in [-0.4, -0.2) is 16.6 Å². The van der Waals surface area contributed by atoms with E-state index in [0.29, 0.717) is 34.4 Å². The molecule has 3 rings (SSSR count). The molecule has 132 valence electrons. The van der Waals surface area contributed by atoms with E-state index in [1.807, 2.05) is 42.5 Å². The number of anilines is 1. The normalized spacial score (nSPS) is 10.3. The zero-order valence-electron chi connectivity index (χ0n) is 13.9. The highest BCUT2D eigenvalue weighted by Crippen LogP contribution is 2.27. The molecule has 0 aliphatic rings. The van der Waals surface area contributed by atoms with Crippen LogP contribution in [0.1, 0.15) is 6.42 Å². The van der Waals surface area contributed by atoms with Crippen molar-refractivity contribution in [2.45, 2.75) is 11.3 Å². The van der Waals surface area contributed by atoms with Gasteiger partial charge in [-0.25, -0.2) is 0 Å². The average Bonchev–Trinajstić information content (AvgIpc) is 2.64. The molecule has 0 saturated carbocycles. The largest absolute Gasteiger partial charge is 0.457 e. The predicted molar refractivity (Wildman–Crippen MR) is 106 cm³/mol. The van der Waals surface area contributed by atoms with Crippen LogP contribution in [0.15, 0.2) is 78.0 Å². The van der Waals surface area contributed by atoms with E-state index in [9.17, 15) is 4.79 Å². The lowest BCUT2D eigenvalue weighted by atomic mass is 10.3. The van der Waals surface area contributed by atoms with E-state index in [0.717, 1.165) is 4.90 Å². The first-order valence-corrected chi connectivity index (χ1v) is 9.42. The van der Waals surface area contributed by atoms with Crippen molar-refractivity contribution in [1.29, 1.82) is 0 Å². The topological polar surface area (TPSA) is 51.2 Å². The van der Waals surface area contributed by atoms with Crippen LogP contribution in [0.4, 0.5) is 5.69 Å². The number of rotatable bonds is 7. The number of pyridine rings is 1. The lowest BCUT2D eigenvalue weighted by molar-refractivity contribution is -0.115. The number of aromatic nitrogens is 1. The molecule has 0 radical (unpaired) electrons. The highest BCUT2D eigenvalue weighted by atomic mass is 35.5. The summed E-state index contributed by atoms with van der Waals surface area (Å²) >= 11 is 7.68. The molecule has 1 heterocycles. The first-order valence-electron chi connectivity index (χ1n) is 8.06. The van der Waals surface area contributed by atoms with Crippen LogP contribution < -0.4 is 10.1 Å². The van der Waals surface area contributed by atoms with Gasteiger partial charge in [0.2, 0.25) is 5.91 Å². The first kappa shape index (κ1) is 18.3. The van der Waals surface area contributed by atoms with E-state index in [-0.39, 0.29) is 5.91 Å². The molecule has 0 spiro atoms. The molecule has 26 heavy (non-hydrogen) atoms. The van der Waals surface area contributed by atoms with E-state index in [1.54, 1.807) is 42.4 Å². The van der Waals surface area contributed by atoms with Crippen LogP contribution in [0.3, 0.4) is 0 Å². The second kappa shape index (κ2) is 9.27. The fourth-order valence-corrected chi connectivity index (χ4v) is 3.41. The molecule has 0 atom stereocenters. The number of hydrogen-bond donors (Lipinski definition) is 1. The Bertz CT molecular complexity index is 874. The van der Waals surface area contributed by atoms with Gasteiger partial charge in [-0.1, -0.05) is 29.8 Å². The number of carbonyl (C=O) groups excluding carboxylic acids is 1. The van der Waals surface area contributed by atoms with E-state index in [1.165, 1.54) is 0 Å². The molecular weight excluding hydrogens is 368 g/mol. The summed E-state index contributed by atoms with van der Waals surface area (Å²) in [4.78, 5) is 17.1. The number of amides is 1. The van der Waals surface area contributed by atoms with Crippen molar-refractivity contribution in [3.05, 3.63) is 78.1 Å². The van der Waals surface area contributed by atoms with Gasteiger partial charge in [0.25, 0.3) is 0 Å². The second-order valence-electron chi connectivity index (χ2n) is 5.39. The molecule has 0 unspecified atom stereocenters. The third-order valence-electron chi connectivity index (χ3n) is 3.43. The third kappa shape index (κ3) is 5.51. The summed E-state index contributed by atoms with van der Waals surface area (Å²) in [7, 11) is 0. The monoisotopic (exact) mass is 384 g/mol. The molecule has 2 aromatic carbocycles. The van der Waals surface area contributed by atoms with Crippen LogP contribution in [0.2, 0.25) is 5.02 Å². The maximum Gasteiger partial charge on any atom is 0.225 e. The maximum absolute atomic E-state index is 12.2. The molecule has 0 aliphatic heterocycles. The van der Waals surface area contributed by atoms with Crippen molar-refractivity contribution in [2.24, 2.45) is 0 Å². The van der Waals surface area contributed by atoms with Crippen molar-refractivity contribution >= 4 is 35.0 Å². The average molecular weight is 385 g/mol. The van der Waals surface area contributed by atoms with Gasteiger partial charge >= 0.3 is 0 Å². The molecule has 1 amide bonds. The molecule has 0 fully saturated rings. The third-order valence-corrected chi connectivity index (χ3v) is 4.94. The summed E-state index contributed by atoms with van der Waals surface area (Å²) in [6.07, 6.45) is 3.72. The smallest absolute Gasteiger partial charge is 0.225 e. The van der Waals surface area contributed by atoms with E-state index in [4.69, 9.17) is 16.3 Å². The Labute approximate surface area is 161 Å². The summed E-state index contributed by atoms with van der Waals surface area (Å²) in [6.45, 7) is 0. The Morgan fingerprint density at radius 2 is 1.85 bits per heavy atom. The Morgan fingerprint density at radius 1 is 1.04 bits per heavy atom. The molecule has 1 aromatic heterocycles. The zero-order valence-corrected chi connectivity index (χ0v) is 15.5. The van der Waals surface area contributed by atoms with Crippen molar-refractivity contribution < 1.29 is 9.53 Å². The van der Waals surface area contributed by atoms with Gasteiger partial charge in [0, 0.05) is 41.2 Å². The van der Waals surface area contributed by atoms with Crippen molar-refractivity contribution in [3.8, 4) is 11.5 Å². The van der Waals surface area contributed by atoms with Gasteiger partial charge in [0.1, 0.15) is 11.5 Å². The van der Waals surface area contributed by atoms with Gasteiger partial charge in [0.15, 0.2) is 0 Å². The minimum absolute atomic E-state index is 0.0504. The van der Waals surface area contributed by atoms with Crippen LogP contribution in [0, 0.1) is 0 Å². The highest BCUT2D eigenvalue weighted by molar-refractivity contribution is 7.99. The quantitative estimate of drug-likeness (QED) is 0.535. The molecule has 6 heteroatoms. The number of thioether (sulfide) groups is 1. The van der Waals surface area contributed by atoms with Crippen LogP contribution >= 0.6 is 23.4 Å². The van der Waals surface area contributed by atoms with Gasteiger partial charge in [-0.15, -0.1) is 11.8 Å². The van der Waals surface area contributed by atoms with Gasteiger partial charge < -0.3 is 10.1 Å².